The van der Waals surface area contributed by atoms with Crippen LogP contribution >= 0.6 is 12.6 Å². The lowest BCUT2D eigenvalue weighted by Gasteiger charge is -2.14. The predicted octanol–water partition coefficient (Wildman–Crippen LogP) is -0.828. The Hall–Kier alpha value is -1.51. The second-order valence-corrected chi connectivity index (χ2v) is 2.92. The summed E-state index contributed by atoms with van der Waals surface area (Å²) in [6.07, 6.45) is 0. The molecule has 0 rings (SSSR count). The fraction of sp³-hybridized carbons (Fsp3) is 0.714. The summed E-state index contributed by atoms with van der Waals surface area (Å²) in [4.78, 5) is 35.8. The van der Waals surface area contributed by atoms with E-state index in [1.807, 2.05) is 0 Å². The van der Waals surface area contributed by atoms with Crippen LogP contribution in [0.1, 0.15) is 6.92 Å². The smallest absolute Gasteiger partial charge is 0.329 e. The van der Waals surface area contributed by atoms with E-state index in [0.29, 0.717) is 0 Å². The Morgan fingerprint density at radius 1 is 1.56 bits per heavy atom. The minimum atomic E-state index is -1.10. The van der Waals surface area contributed by atoms with Gasteiger partial charge in [-0.3, -0.25) is 4.79 Å². The summed E-state index contributed by atoms with van der Waals surface area (Å²) in [6, 6.07) is -0.939. The molecule has 1 atom stereocenters. The van der Waals surface area contributed by atoms with Gasteiger partial charge in [-0.05, 0) is 6.92 Å². The van der Waals surface area contributed by atoms with Gasteiger partial charge in [0, 0.05) is 5.75 Å². The first kappa shape index (κ1) is 14.5. The van der Waals surface area contributed by atoms with Crippen LogP contribution in [-0.4, -0.2) is 42.0 Å². The van der Waals surface area contributed by atoms with Gasteiger partial charge in [0.1, 0.15) is 6.04 Å². The standard InChI is InChI=1S/C7H12N2O6S/c1-2-14-7(11)5(4-16)8-6(10)3-15-9(12)13/h5,16H,2-4H2,1H3,(H,8,10)/t5-/m0/s1. The summed E-state index contributed by atoms with van der Waals surface area (Å²) >= 11 is 3.84. The molecule has 9 heteroatoms. The third-order valence-electron chi connectivity index (χ3n) is 1.39. The summed E-state index contributed by atoms with van der Waals surface area (Å²) < 4.78 is 4.64. The zero-order chi connectivity index (χ0) is 12.6. The maximum Gasteiger partial charge on any atom is 0.329 e. The largest absolute Gasteiger partial charge is 0.464 e. The average molecular weight is 252 g/mol. The molecule has 16 heavy (non-hydrogen) atoms. The number of amides is 1. The third-order valence-corrected chi connectivity index (χ3v) is 1.76. The first-order valence-electron chi connectivity index (χ1n) is 4.35. The minimum Gasteiger partial charge on any atom is -0.464 e. The number of nitrogens with zero attached hydrogens (tertiary/aromatic N) is 1. The average Bonchev–Trinajstić information content (AvgIpc) is 2.23. The van der Waals surface area contributed by atoms with Crippen LogP contribution in [0.25, 0.3) is 0 Å². The van der Waals surface area contributed by atoms with Gasteiger partial charge in [-0.2, -0.15) is 12.6 Å². The van der Waals surface area contributed by atoms with E-state index >= 15 is 0 Å². The number of esters is 1. The molecule has 0 radical (unpaired) electrons. The van der Waals surface area contributed by atoms with Gasteiger partial charge < -0.3 is 14.9 Å². The van der Waals surface area contributed by atoms with Crippen molar-refractivity contribution in [3.8, 4) is 0 Å². The van der Waals surface area contributed by atoms with Crippen LogP contribution in [0.2, 0.25) is 0 Å². The van der Waals surface area contributed by atoms with Gasteiger partial charge in [-0.25, -0.2) is 4.79 Å². The maximum atomic E-state index is 11.2. The van der Waals surface area contributed by atoms with Gasteiger partial charge in [0.15, 0.2) is 6.61 Å². The summed E-state index contributed by atoms with van der Waals surface area (Å²) in [7, 11) is 0. The van der Waals surface area contributed by atoms with Crippen LogP contribution in [0.5, 0.6) is 0 Å². The summed E-state index contributed by atoms with van der Waals surface area (Å²) in [5.41, 5.74) is 0. The van der Waals surface area contributed by atoms with Crippen molar-refractivity contribution in [2.24, 2.45) is 0 Å². The Bertz CT molecular complexity index is 272. The molecular weight excluding hydrogens is 240 g/mol. The van der Waals surface area contributed by atoms with E-state index < -0.39 is 29.6 Å². The maximum absolute atomic E-state index is 11.2. The SMILES string of the molecule is CCOC(=O)[C@H](CS)NC(=O)CO[N+](=O)[O-]. The Labute approximate surface area is 96.8 Å². The van der Waals surface area contributed by atoms with E-state index in [9.17, 15) is 19.7 Å². The second kappa shape index (κ2) is 7.74. The Morgan fingerprint density at radius 2 is 2.19 bits per heavy atom. The second-order valence-electron chi connectivity index (χ2n) is 2.55. The molecule has 1 N–H and O–H groups in total. The first-order chi connectivity index (χ1) is 7.51. The van der Waals surface area contributed by atoms with E-state index in [0.717, 1.165) is 0 Å². The number of hydrogen-bond donors (Lipinski definition) is 2. The van der Waals surface area contributed by atoms with Gasteiger partial charge in [0.05, 0.1) is 6.61 Å². The highest BCUT2D eigenvalue weighted by Gasteiger charge is 2.20. The summed E-state index contributed by atoms with van der Waals surface area (Å²) in [5.74, 6) is -1.40. The molecule has 0 saturated carbocycles. The zero-order valence-corrected chi connectivity index (χ0v) is 9.44. The zero-order valence-electron chi connectivity index (χ0n) is 8.54. The molecule has 0 aromatic rings. The highest BCUT2D eigenvalue weighted by Crippen LogP contribution is 1.93. The molecule has 0 unspecified atom stereocenters. The van der Waals surface area contributed by atoms with Crippen molar-refractivity contribution in [2.45, 2.75) is 13.0 Å². The summed E-state index contributed by atoms with van der Waals surface area (Å²) in [5, 5.41) is 10.9. The molecule has 0 aromatic carbocycles. The number of nitrogens with one attached hydrogen (secondary N) is 1. The molecule has 8 nitrogen and oxygen atoms in total. The molecule has 0 heterocycles. The lowest BCUT2D eigenvalue weighted by Crippen LogP contribution is -2.44. The van der Waals surface area contributed by atoms with Crippen molar-refractivity contribution < 1.29 is 24.3 Å². The Morgan fingerprint density at radius 3 is 2.62 bits per heavy atom. The van der Waals surface area contributed by atoms with Gasteiger partial charge in [0.2, 0.25) is 5.91 Å². The molecule has 0 aliphatic carbocycles. The fourth-order valence-electron chi connectivity index (χ4n) is 0.769. The highest BCUT2D eigenvalue weighted by atomic mass is 32.1. The van der Waals surface area contributed by atoms with Crippen LogP contribution in [0.3, 0.4) is 0 Å². The van der Waals surface area contributed by atoms with E-state index in [4.69, 9.17) is 0 Å². The number of carbonyl (C=O) groups is 2. The van der Waals surface area contributed by atoms with Crippen molar-refractivity contribution in [3.05, 3.63) is 10.1 Å². The number of rotatable bonds is 7. The molecule has 0 aliphatic rings. The fourth-order valence-corrected chi connectivity index (χ4v) is 1.01. The molecule has 0 fully saturated rings. The molecule has 0 aliphatic heterocycles. The van der Waals surface area contributed by atoms with E-state index in [2.05, 4.69) is 27.5 Å². The van der Waals surface area contributed by atoms with E-state index in [1.54, 1.807) is 6.92 Å². The molecule has 0 bridgehead atoms. The first-order valence-corrected chi connectivity index (χ1v) is 4.98. The quantitative estimate of drug-likeness (QED) is 0.265. The van der Waals surface area contributed by atoms with Crippen molar-refractivity contribution in [1.29, 1.82) is 0 Å². The van der Waals surface area contributed by atoms with Crippen molar-refractivity contribution in [1.82, 2.24) is 5.32 Å². The van der Waals surface area contributed by atoms with Crippen LogP contribution < -0.4 is 5.32 Å². The van der Waals surface area contributed by atoms with Crippen LogP contribution in [0.15, 0.2) is 0 Å². The number of thiol groups is 1. The normalized spacial score (nSPS) is 11.4. The van der Waals surface area contributed by atoms with Crippen molar-refractivity contribution in [2.75, 3.05) is 19.0 Å². The van der Waals surface area contributed by atoms with Gasteiger partial charge >= 0.3 is 5.97 Å². The van der Waals surface area contributed by atoms with Crippen molar-refractivity contribution >= 4 is 24.5 Å². The predicted molar refractivity (Wildman–Crippen MR) is 55.4 cm³/mol. The molecule has 0 spiro atoms. The topological polar surface area (TPSA) is 108 Å². The third kappa shape index (κ3) is 6.06. The number of hydrogen-bond acceptors (Lipinski definition) is 7. The van der Waals surface area contributed by atoms with E-state index in [1.165, 1.54) is 0 Å². The molecular formula is C7H12N2O6S. The number of carbonyl (C=O) groups excluding carboxylic acids is 2. The van der Waals surface area contributed by atoms with Crippen molar-refractivity contribution in [3.63, 3.8) is 0 Å². The molecule has 1 amide bonds. The Balaban J connectivity index is 4.06. The lowest BCUT2D eigenvalue weighted by molar-refractivity contribution is -0.754. The monoisotopic (exact) mass is 252 g/mol. The minimum absolute atomic E-state index is 0.0308. The van der Waals surface area contributed by atoms with Gasteiger partial charge in [-0.1, -0.05) is 0 Å². The molecule has 0 saturated heterocycles. The summed E-state index contributed by atoms with van der Waals surface area (Å²) in [6.45, 7) is 1.02. The van der Waals surface area contributed by atoms with Gasteiger partial charge in [-0.15, -0.1) is 10.1 Å². The van der Waals surface area contributed by atoms with Crippen LogP contribution in [0.4, 0.5) is 0 Å². The van der Waals surface area contributed by atoms with E-state index in [-0.39, 0.29) is 12.4 Å². The lowest BCUT2D eigenvalue weighted by atomic mass is 10.3. The number of ether oxygens (including phenoxy) is 1. The van der Waals surface area contributed by atoms with Gasteiger partial charge in [0.25, 0.3) is 5.09 Å². The molecule has 0 aromatic heterocycles. The van der Waals surface area contributed by atoms with Crippen LogP contribution in [-0.2, 0) is 19.2 Å². The molecule has 92 valence electrons. The highest BCUT2D eigenvalue weighted by molar-refractivity contribution is 7.80. The van der Waals surface area contributed by atoms with Crippen LogP contribution in [0, 0.1) is 10.1 Å². The Kier molecular flexibility index (Phi) is 7.01.